The molecule has 0 aliphatic heterocycles. The van der Waals surface area contributed by atoms with Gasteiger partial charge in [0.2, 0.25) is 5.88 Å². The Labute approximate surface area is 89.0 Å². The van der Waals surface area contributed by atoms with E-state index < -0.39 is 0 Å². The summed E-state index contributed by atoms with van der Waals surface area (Å²) >= 11 is 0. The monoisotopic (exact) mass is 202 g/mol. The summed E-state index contributed by atoms with van der Waals surface area (Å²) < 4.78 is 1.82. The van der Waals surface area contributed by atoms with Crippen LogP contribution in [0.1, 0.15) is 12.5 Å². The summed E-state index contributed by atoms with van der Waals surface area (Å²) in [5, 5.41) is 9.26. The van der Waals surface area contributed by atoms with Gasteiger partial charge in [-0.15, -0.1) is 0 Å². The molecule has 78 valence electrons. The van der Waals surface area contributed by atoms with Crippen molar-refractivity contribution in [2.45, 2.75) is 13.3 Å². The van der Waals surface area contributed by atoms with Gasteiger partial charge in [0.15, 0.2) is 0 Å². The number of aromatic hydroxyl groups is 1. The van der Waals surface area contributed by atoms with Crippen LogP contribution >= 0.6 is 0 Å². The van der Waals surface area contributed by atoms with Gasteiger partial charge in [0.1, 0.15) is 5.82 Å². The number of nitrogens with zero attached hydrogens (tertiary/aromatic N) is 2. The van der Waals surface area contributed by atoms with Gasteiger partial charge in [-0.1, -0.05) is 31.2 Å². The lowest BCUT2D eigenvalue weighted by molar-refractivity contribution is 0.456. The smallest absolute Gasteiger partial charge is 0.229 e. The lowest BCUT2D eigenvalue weighted by Crippen LogP contribution is -1.91. The molecule has 0 radical (unpaired) electrons. The fraction of sp³-hybridized carbons (Fsp3) is 0.250. The first kappa shape index (κ1) is 9.77. The first-order valence-electron chi connectivity index (χ1n) is 5.02. The van der Waals surface area contributed by atoms with Gasteiger partial charge in [0.25, 0.3) is 0 Å². The van der Waals surface area contributed by atoms with Crippen molar-refractivity contribution in [3.63, 3.8) is 0 Å². The maximum absolute atomic E-state index is 9.26. The average molecular weight is 202 g/mol. The first-order valence-corrected chi connectivity index (χ1v) is 5.02. The highest BCUT2D eigenvalue weighted by Crippen LogP contribution is 2.20. The van der Waals surface area contributed by atoms with Crippen LogP contribution in [0.25, 0.3) is 11.4 Å². The van der Waals surface area contributed by atoms with Crippen LogP contribution < -0.4 is 0 Å². The van der Waals surface area contributed by atoms with Crippen molar-refractivity contribution in [2.24, 2.45) is 7.05 Å². The molecule has 0 unspecified atom stereocenters. The van der Waals surface area contributed by atoms with Crippen molar-refractivity contribution < 1.29 is 5.11 Å². The van der Waals surface area contributed by atoms with E-state index >= 15 is 0 Å². The van der Waals surface area contributed by atoms with Crippen LogP contribution in [-0.4, -0.2) is 14.7 Å². The molecule has 2 aromatic rings. The molecule has 0 spiro atoms. The Bertz CT molecular complexity index is 457. The highest BCUT2D eigenvalue weighted by molar-refractivity contribution is 5.56. The molecule has 0 aliphatic carbocycles. The third kappa shape index (κ3) is 1.86. The lowest BCUT2D eigenvalue weighted by Gasteiger charge is -2.02. The van der Waals surface area contributed by atoms with E-state index in [1.54, 1.807) is 6.20 Å². The number of benzene rings is 1. The zero-order chi connectivity index (χ0) is 10.8. The maximum atomic E-state index is 9.26. The average Bonchev–Trinajstić information content (AvgIpc) is 2.58. The van der Waals surface area contributed by atoms with Crippen molar-refractivity contribution in [1.82, 2.24) is 9.55 Å². The lowest BCUT2D eigenvalue weighted by atomic mass is 10.1. The van der Waals surface area contributed by atoms with Crippen LogP contribution in [0.3, 0.4) is 0 Å². The molecular weight excluding hydrogens is 188 g/mol. The van der Waals surface area contributed by atoms with Gasteiger partial charge >= 0.3 is 0 Å². The second-order valence-electron chi connectivity index (χ2n) is 3.58. The summed E-state index contributed by atoms with van der Waals surface area (Å²) in [6, 6.07) is 8.23. The minimum atomic E-state index is 0.0621. The van der Waals surface area contributed by atoms with E-state index in [-0.39, 0.29) is 5.88 Å². The van der Waals surface area contributed by atoms with Gasteiger partial charge in [0.05, 0.1) is 6.20 Å². The van der Waals surface area contributed by atoms with Gasteiger partial charge in [-0.3, -0.25) is 0 Å². The summed E-state index contributed by atoms with van der Waals surface area (Å²) in [5.41, 5.74) is 2.33. The van der Waals surface area contributed by atoms with Crippen LogP contribution in [0.4, 0.5) is 0 Å². The van der Waals surface area contributed by atoms with E-state index in [4.69, 9.17) is 0 Å². The Morgan fingerprint density at radius 2 is 1.93 bits per heavy atom. The Morgan fingerprint density at radius 1 is 1.27 bits per heavy atom. The Hall–Kier alpha value is -1.77. The zero-order valence-electron chi connectivity index (χ0n) is 8.94. The molecule has 0 atom stereocenters. The van der Waals surface area contributed by atoms with Crippen molar-refractivity contribution >= 4 is 0 Å². The van der Waals surface area contributed by atoms with Gasteiger partial charge in [-0.25, -0.2) is 0 Å². The third-order valence-corrected chi connectivity index (χ3v) is 2.48. The van der Waals surface area contributed by atoms with E-state index in [1.807, 2.05) is 23.7 Å². The van der Waals surface area contributed by atoms with Gasteiger partial charge in [0, 0.05) is 12.6 Å². The van der Waals surface area contributed by atoms with E-state index in [9.17, 15) is 5.11 Å². The molecule has 1 aromatic heterocycles. The zero-order valence-corrected chi connectivity index (χ0v) is 8.94. The SMILES string of the molecule is CCc1ccc(-c2nc(O)cn2C)cc1. The van der Waals surface area contributed by atoms with Gasteiger partial charge < -0.3 is 9.67 Å². The molecule has 0 fully saturated rings. The van der Waals surface area contributed by atoms with Crippen LogP contribution in [0.2, 0.25) is 0 Å². The highest BCUT2D eigenvalue weighted by Gasteiger charge is 2.06. The largest absolute Gasteiger partial charge is 0.492 e. The molecule has 0 saturated carbocycles. The molecule has 0 bridgehead atoms. The molecule has 0 aliphatic rings. The first-order chi connectivity index (χ1) is 7.20. The van der Waals surface area contributed by atoms with Gasteiger partial charge in [-0.2, -0.15) is 4.98 Å². The van der Waals surface area contributed by atoms with Crippen molar-refractivity contribution in [3.05, 3.63) is 36.0 Å². The minimum absolute atomic E-state index is 0.0621. The minimum Gasteiger partial charge on any atom is -0.492 e. The fourth-order valence-corrected chi connectivity index (χ4v) is 1.61. The van der Waals surface area contributed by atoms with Crippen molar-refractivity contribution in [2.75, 3.05) is 0 Å². The molecule has 1 aromatic carbocycles. The Kier molecular flexibility index (Phi) is 2.46. The van der Waals surface area contributed by atoms with Crippen LogP contribution in [0.15, 0.2) is 30.5 Å². The molecule has 15 heavy (non-hydrogen) atoms. The number of hydrogen-bond acceptors (Lipinski definition) is 2. The Morgan fingerprint density at radius 3 is 2.40 bits per heavy atom. The van der Waals surface area contributed by atoms with Gasteiger partial charge in [-0.05, 0) is 12.0 Å². The van der Waals surface area contributed by atoms with Crippen LogP contribution in [0.5, 0.6) is 5.88 Å². The molecule has 1 N–H and O–H groups in total. The number of rotatable bonds is 2. The molecular formula is C12H14N2O. The number of hydrogen-bond donors (Lipinski definition) is 1. The summed E-state index contributed by atoms with van der Waals surface area (Å²) in [4.78, 5) is 4.05. The fourth-order valence-electron chi connectivity index (χ4n) is 1.61. The summed E-state index contributed by atoms with van der Waals surface area (Å²) in [6.45, 7) is 2.13. The van der Waals surface area contributed by atoms with E-state index in [2.05, 4.69) is 24.0 Å². The quantitative estimate of drug-likeness (QED) is 0.811. The van der Waals surface area contributed by atoms with E-state index in [0.717, 1.165) is 17.8 Å². The van der Waals surface area contributed by atoms with E-state index in [0.29, 0.717) is 0 Å². The number of aryl methyl sites for hydroxylation is 2. The van der Waals surface area contributed by atoms with Crippen molar-refractivity contribution in [3.8, 4) is 17.3 Å². The molecule has 1 heterocycles. The van der Waals surface area contributed by atoms with Crippen LogP contribution in [0, 0.1) is 0 Å². The molecule has 3 nitrogen and oxygen atoms in total. The highest BCUT2D eigenvalue weighted by atomic mass is 16.3. The standard InChI is InChI=1S/C12H14N2O/c1-3-9-4-6-10(7-5-9)12-13-11(15)8-14(12)2/h4-8,15H,3H2,1-2H3. The molecule has 2 rings (SSSR count). The summed E-state index contributed by atoms with van der Waals surface area (Å²) in [6.07, 6.45) is 2.63. The predicted molar refractivity (Wildman–Crippen MR) is 59.7 cm³/mol. The topological polar surface area (TPSA) is 38.1 Å². The number of imidazole rings is 1. The normalized spacial score (nSPS) is 10.5. The van der Waals surface area contributed by atoms with E-state index in [1.165, 1.54) is 5.56 Å². The summed E-state index contributed by atoms with van der Waals surface area (Å²) in [5.74, 6) is 0.849. The number of aromatic nitrogens is 2. The molecule has 3 heteroatoms. The molecule has 0 amide bonds. The second kappa shape index (κ2) is 3.77. The summed E-state index contributed by atoms with van der Waals surface area (Å²) in [7, 11) is 1.87. The predicted octanol–water partition coefficient (Wildman–Crippen LogP) is 2.36. The molecule has 0 saturated heterocycles. The van der Waals surface area contributed by atoms with Crippen molar-refractivity contribution in [1.29, 1.82) is 0 Å². The second-order valence-corrected chi connectivity index (χ2v) is 3.58. The third-order valence-electron chi connectivity index (χ3n) is 2.48. The Balaban J connectivity index is 2.41. The maximum Gasteiger partial charge on any atom is 0.229 e. The van der Waals surface area contributed by atoms with Crippen LogP contribution in [-0.2, 0) is 13.5 Å².